The molecule has 0 bridgehead atoms. The standard InChI is InChI=1S/C5H8O6.6CH4/c6-1-4(8)10-3-11-5(9)2-7;;;;;;/h6-7H,1-3H2;6*1H4. The first-order chi connectivity index (χ1) is 5.20. The van der Waals surface area contributed by atoms with Crippen LogP contribution in [0.5, 0.6) is 0 Å². The predicted octanol–water partition coefficient (Wildman–Crippen LogP) is 1.83. The summed E-state index contributed by atoms with van der Waals surface area (Å²) >= 11 is 0. The lowest BCUT2D eigenvalue weighted by Gasteiger charge is -2.02. The Kier molecular flexibility index (Phi) is 77.1. The molecule has 0 amide bonds. The maximum absolute atomic E-state index is 10.2. The summed E-state index contributed by atoms with van der Waals surface area (Å²) in [5.41, 5.74) is 0. The second kappa shape index (κ2) is 29.4. The van der Waals surface area contributed by atoms with Crippen LogP contribution in [0.4, 0.5) is 0 Å². The number of rotatable bonds is 4. The zero-order valence-electron chi connectivity index (χ0n) is 5.65. The number of aliphatic hydroxyl groups excluding tert-OH is 2. The molecule has 0 aliphatic heterocycles. The third kappa shape index (κ3) is 31.3. The lowest BCUT2D eigenvalue weighted by Crippen LogP contribution is -2.16. The molecule has 0 unspecified atom stereocenters. The molecule has 0 rings (SSSR count). The predicted molar refractivity (Wildman–Crippen MR) is 71.6 cm³/mol. The van der Waals surface area contributed by atoms with Crippen LogP contribution in [0.25, 0.3) is 0 Å². The normalized spacial score (nSPS) is 5.76. The smallest absolute Gasteiger partial charge is 0.334 e. The van der Waals surface area contributed by atoms with Crippen LogP contribution in [0.15, 0.2) is 0 Å². The van der Waals surface area contributed by atoms with Gasteiger partial charge in [-0.25, -0.2) is 9.59 Å². The van der Waals surface area contributed by atoms with Crippen molar-refractivity contribution >= 4 is 11.9 Å². The molecule has 0 aromatic rings. The summed E-state index contributed by atoms with van der Waals surface area (Å²) < 4.78 is 8.24. The van der Waals surface area contributed by atoms with Crippen molar-refractivity contribution in [1.82, 2.24) is 0 Å². The summed E-state index contributed by atoms with van der Waals surface area (Å²) in [5.74, 6) is -1.79. The van der Waals surface area contributed by atoms with Gasteiger partial charge in [-0.1, -0.05) is 44.6 Å². The van der Waals surface area contributed by atoms with Crippen LogP contribution >= 0.6 is 0 Å². The number of hydrogen-bond acceptors (Lipinski definition) is 6. The highest BCUT2D eigenvalue weighted by Crippen LogP contribution is 1.80. The summed E-state index contributed by atoms with van der Waals surface area (Å²) in [5, 5.41) is 16.2. The first kappa shape index (κ1) is 44.6. The van der Waals surface area contributed by atoms with Gasteiger partial charge in [0.25, 0.3) is 0 Å². The van der Waals surface area contributed by atoms with E-state index in [1.165, 1.54) is 0 Å². The Balaban J connectivity index is -0.0000000333. The van der Waals surface area contributed by atoms with E-state index >= 15 is 0 Å². The van der Waals surface area contributed by atoms with Crippen molar-refractivity contribution in [2.24, 2.45) is 0 Å². The Bertz CT molecular complexity index is 131. The molecule has 17 heavy (non-hydrogen) atoms. The number of hydrogen-bond donors (Lipinski definition) is 2. The largest absolute Gasteiger partial charge is 0.426 e. The van der Waals surface area contributed by atoms with Gasteiger partial charge >= 0.3 is 11.9 Å². The van der Waals surface area contributed by atoms with E-state index in [0.717, 1.165) is 0 Å². The van der Waals surface area contributed by atoms with Crippen LogP contribution in [-0.2, 0) is 19.1 Å². The molecule has 0 atom stereocenters. The Morgan fingerprint density at radius 1 is 0.706 bits per heavy atom. The fourth-order valence-corrected chi connectivity index (χ4v) is 0.252. The van der Waals surface area contributed by atoms with Crippen molar-refractivity contribution in [2.75, 3.05) is 20.0 Å². The number of carbonyl (C=O) groups excluding carboxylic acids is 2. The van der Waals surface area contributed by atoms with Crippen LogP contribution in [0, 0.1) is 0 Å². The van der Waals surface area contributed by atoms with Gasteiger partial charge in [-0.15, -0.1) is 0 Å². The molecule has 0 radical (unpaired) electrons. The number of aliphatic hydroxyl groups is 2. The SMILES string of the molecule is C.C.C.C.C.C.O=C(CO)OCOC(=O)CO. The topological polar surface area (TPSA) is 93.1 Å². The van der Waals surface area contributed by atoms with Gasteiger partial charge in [0.2, 0.25) is 6.79 Å². The Morgan fingerprint density at radius 2 is 0.941 bits per heavy atom. The van der Waals surface area contributed by atoms with E-state index in [0.29, 0.717) is 0 Å². The van der Waals surface area contributed by atoms with E-state index in [2.05, 4.69) is 9.47 Å². The highest BCUT2D eigenvalue weighted by Gasteiger charge is 2.02. The molecule has 0 aromatic carbocycles. The maximum atomic E-state index is 10.2. The zero-order valence-corrected chi connectivity index (χ0v) is 5.65. The average Bonchev–Trinajstić information content (AvgIpc) is 2.04. The molecular formula is C11H32O6. The van der Waals surface area contributed by atoms with Crippen LogP contribution in [0.3, 0.4) is 0 Å². The lowest BCUT2D eigenvalue weighted by atomic mass is 10.7. The minimum absolute atomic E-state index is 0. The number of ether oxygens (including phenoxy) is 2. The molecule has 0 fully saturated rings. The van der Waals surface area contributed by atoms with Crippen LogP contribution in [-0.4, -0.2) is 42.2 Å². The number of carbonyl (C=O) groups is 2. The molecule has 0 spiro atoms. The molecule has 0 aliphatic rings. The zero-order chi connectivity index (χ0) is 8.69. The van der Waals surface area contributed by atoms with E-state index in [1.54, 1.807) is 0 Å². The summed E-state index contributed by atoms with van der Waals surface area (Å²) in [6.07, 6.45) is 0. The molecule has 6 nitrogen and oxygen atoms in total. The molecule has 0 saturated carbocycles. The van der Waals surface area contributed by atoms with E-state index in [4.69, 9.17) is 10.2 Å². The van der Waals surface area contributed by atoms with Crippen LogP contribution in [0.1, 0.15) is 44.6 Å². The highest BCUT2D eigenvalue weighted by atomic mass is 16.7. The molecule has 0 heterocycles. The summed E-state index contributed by atoms with van der Waals surface area (Å²) in [4.78, 5) is 20.3. The van der Waals surface area contributed by atoms with Crippen molar-refractivity contribution in [3.8, 4) is 0 Å². The van der Waals surface area contributed by atoms with Gasteiger partial charge in [0.15, 0.2) is 0 Å². The van der Waals surface area contributed by atoms with Gasteiger partial charge in [0.1, 0.15) is 13.2 Å². The van der Waals surface area contributed by atoms with E-state index in [1.807, 2.05) is 0 Å². The summed E-state index contributed by atoms with van der Waals surface area (Å²) in [6.45, 7) is -2.12. The molecule has 6 heteroatoms. The van der Waals surface area contributed by atoms with Crippen LogP contribution < -0.4 is 0 Å². The van der Waals surface area contributed by atoms with Crippen molar-refractivity contribution < 1.29 is 29.3 Å². The minimum Gasteiger partial charge on any atom is -0.426 e. The second-order valence-electron chi connectivity index (χ2n) is 1.47. The number of esters is 2. The molecule has 0 saturated heterocycles. The monoisotopic (exact) mass is 260 g/mol. The lowest BCUT2D eigenvalue weighted by molar-refractivity contribution is -0.170. The first-order valence-corrected chi connectivity index (χ1v) is 2.73. The molecule has 2 N–H and O–H groups in total. The third-order valence-corrected chi connectivity index (χ3v) is 0.698. The molecule has 112 valence electrons. The van der Waals surface area contributed by atoms with Crippen molar-refractivity contribution in [3.05, 3.63) is 0 Å². The van der Waals surface area contributed by atoms with Crippen molar-refractivity contribution in [3.63, 3.8) is 0 Å². The Labute approximate surface area is 107 Å². The maximum Gasteiger partial charge on any atom is 0.334 e. The second-order valence-corrected chi connectivity index (χ2v) is 1.47. The van der Waals surface area contributed by atoms with E-state index in [-0.39, 0.29) is 44.6 Å². The summed E-state index contributed by atoms with van der Waals surface area (Å²) in [7, 11) is 0. The minimum atomic E-state index is -0.893. The fourth-order valence-electron chi connectivity index (χ4n) is 0.252. The van der Waals surface area contributed by atoms with Gasteiger partial charge in [-0.2, -0.15) is 0 Å². The van der Waals surface area contributed by atoms with Gasteiger partial charge < -0.3 is 19.7 Å². The quantitative estimate of drug-likeness (QED) is 0.591. The molecular weight excluding hydrogens is 228 g/mol. The van der Waals surface area contributed by atoms with Crippen molar-refractivity contribution in [1.29, 1.82) is 0 Å². The Morgan fingerprint density at radius 3 is 1.12 bits per heavy atom. The van der Waals surface area contributed by atoms with Gasteiger partial charge in [-0.3, -0.25) is 0 Å². The summed E-state index contributed by atoms with van der Waals surface area (Å²) in [6, 6.07) is 0. The first-order valence-electron chi connectivity index (χ1n) is 2.73. The average molecular weight is 260 g/mol. The fraction of sp³-hybridized carbons (Fsp3) is 0.818. The van der Waals surface area contributed by atoms with Gasteiger partial charge in [0, 0.05) is 0 Å². The highest BCUT2D eigenvalue weighted by molar-refractivity contribution is 5.71. The van der Waals surface area contributed by atoms with Gasteiger partial charge in [-0.05, 0) is 0 Å². The molecule has 0 aliphatic carbocycles. The third-order valence-electron chi connectivity index (χ3n) is 0.698. The van der Waals surface area contributed by atoms with E-state index < -0.39 is 31.9 Å². The molecule has 0 aromatic heterocycles. The van der Waals surface area contributed by atoms with Crippen LogP contribution in [0.2, 0.25) is 0 Å². The van der Waals surface area contributed by atoms with E-state index in [9.17, 15) is 9.59 Å². The Hall–Kier alpha value is -1.14. The van der Waals surface area contributed by atoms with Crippen molar-refractivity contribution in [2.45, 2.75) is 44.6 Å². The van der Waals surface area contributed by atoms with Gasteiger partial charge in [0.05, 0.1) is 0 Å².